The van der Waals surface area contributed by atoms with Crippen molar-refractivity contribution in [3.8, 4) is 0 Å². The molecule has 1 heterocycles. The minimum atomic E-state index is -3.42. The smallest absolute Gasteiger partial charge is 0.243 e. The van der Waals surface area contributed by atoms with Crippen LogP contribution in [-0.4, -0.2) is 38.3 Å². The quantitative estimate of drug-likeness (QED) is 0.774. The number of nitrogens with zero attached hydrogens (tertiary/aromatic N) is 1. The molecule has 164 valence electrons. The number of piperidine rings is 1. The molecule has 6 rings (SSSR count). The van der Waals surface area contributed by atoms with E-state index in [4.69, 9.17) is 0 Å². The van der Waals surface area contributed by atoms with E-state index in [0.29, 0.717) is 30.4 Å². The topological polar surface area (TPSA) is 66.5 Å². The molecule has 4 bridgehead atoms. The number of carbonyl (C=O) groups excluding carboxylic acids is 1. The average Bonchev–Trinajstić information content (AvgIpc) is 2.71. The molecule has 1 aromatic rings. The van der Waals surface area contributed by atoms with Crippen LogP contribution in [0, 0.1) is 36.0 Å². The highest BCUT2D eigenvalue weighted by molar-refractivity contribution is 7.89. The Balaban J connectivity index is 1.15. The molecule has 6 heteroatoms. The molecule has 4 aliphatic carbocycles. The Kier molecular flexibility index (Phi) is 5.21. The summed E-state index contributed by atoms with van der Waals surface area (Å²) in [5.41, 5.74) is 0.864. The summed E-state index contributed by atoms with van der Waals surface area (Å²) in [6.07, 6.45) is 8.95. The van der Waals surface area contributed by atoms with Crippen LogP contribution >= 0.6 is 0 Å². The number of aryl methyl sites for hydroxylation is 1. The highest BCUT2D eigenvalue weighted by Crippen LogP contribution is 2.60. The van der Waals surface area contributed by atoms with E-state index in [0.717, 1.165) is 55.4 Å². The molecule has 0 unspecified atom stereocenters. The molecular formula is C24H34N2O3S. The molecule has 1 amide bonds. The molecule has 5 nitrogen and oxygen atoms in total. The summed E-state index contributed by atoms with van der Waals surface area (Å²) >= 11 is 0. The van der Waals surface area contributed by atoms with Crippen LogP contribution in [-0.2, 0) is 14.8 Å². The standard InChI is InChI=1S/C24H34N2O3S/c1-17-3-2-4-22(9-17)30(28,29)26-7-5-18(6-8-26)16-25-23(27)24-13-19-10-20(14-24)12-21(11-19)15-24/h2-4,9,18-21H,5-8,10-16H2,1H3,(H,25,27). The zero-order valence-corrected chi connectivity index (χ0v) is 18.8. The van der Waals surface area contributed by atoms with Gasteiger partial charge in [0.15, 0.2) is 0 Å². The van der Waals surface area contributed by atoms with Crippen molar-refractivity contribution >= 4 is 15.9 Å². The number of carbonyl (C=O) groups is 1. The lowest BCUT2D eigenvalue weighted by atomic mass is 9.49. The van der Waals surface area contributed by atoms with E-state index in [-0.39, 0.29) is 11.3 Å². The second-order valence-electron chi connectivity index (χ2n) is 10.6. The molecule has 1 saturated heterocycles. The Morgan fingerprint density at radius 2 is 1.67 bits per heavy atom. The van der Waals surface area contributed by atoms with E-state index in [1.807, 2.05) is 13.0 Å². The first-order valence-electron chi connectivity index (χ1n) is 11.7. The summed E-state index contributed by atoms with van der Waals surface area (Å²) in [5, 5.41) is 3.30. The first-order valence-corrected chi connectivity index (χ1v) is 13.1. The van der Waals surface area contributed by atoms with Gasteiger partial charge in [-0.3, -0.25) is 4.79 Å². The molecule has 0 radical (unpaired) electrons. The second-order valence-corrected chi connectivity index (χ2v) is 12.5. The van der Waals surface area contributed by atoms with Crippen LogP contribution in [0.1, 0.15) is 56.9 Å². The molecule has 5 aliphatic rings. The predicted molar refractivity (Wildman–Crippen MR) is 116 cm³/mol. The summed E-state index contributed by atoms with van der Waals surface area (Å²) in [6.45, 7) is 3.68. The Morgan fingerprint density at radius 1 is 1.07 bits per heavy atom. The number of rotatable bonds is 5. The largest absolute Gasteiger partial charge is 0.355 e. The molecule has 5 fully saturated rings. The lowest BCUT2D eigenvalue weighted by Gasteiger charge is -2.55. The Labute approximate surface area is 180 Å². The van der Waals surface area contributed by atoms with Gasteiger partial charge in [-0.25, -0.2) is 8.42 Å². The summed E-state index contributed by atoms with van der Waals surface area (Å²) in [6, 6.07) is 7.14. The van der Waals surface area contributed by atoms with Crippen LogP contribution in [0.5, 0.6) is 0 Å². The van der Waals surface area contributed by atoms with Gasteiger partial charge in [-0.05, 0) is 99.7 Å². The number of sulfonamides is 1. The minimum Gasteiger partial charge on any atom is -0.355 e. The van der Waals surface area contributed by atoms with Gasteiger partial charge in [0, 0.05) is 25.0 Å². The fourth-order valence-corrected chi connectivity index (χ4v) is 8.67. The van der Waals surface area contributed by atoms with Gasteiger partial charge >= 0.3 is 0 Å². The zero-order chi connectivity index (χ0) is 20.9. The third kappa shape index (κ3) is 3.70. The van der Waals surface area contributed by atoms with Gasteiger partial charge in [-0.15, -0.1) is 0 Å². The fourth-order valence-electron chi connectivity index (χ4n) is 7.09. The third-order valence-corrected chi connectivity index (χ3v) is 10.2. The third-order valence-electron chi connectivity index (χ3n) is 8.27. The number of hydrogen-bond donors (Lipinski definition) is 1. The van der Waals surface area contributed by atoms with Crippen LogP contribution in [0.15, 0.2) is 29.2 Å². The van der Waals surface area contributed by atoms with Crippen molar-refractivity contribution in [1.82, 2.24) is 9.62 Å². The van der Waals surface area contributed by atoms with Gasteiger partial charge in [-0.1, -0.05) is 12.1 Å². The van der Waals surface area contributed by atoms with Crippen molar-refractivity contribution in [2.45, 2.75) is 63.2 Å². The van der Waals surface area contributed by atoms with E-state index in [1.165, 1.54) is 19.3 Å². The van der Waals surface area contributed by atoms with Gasteiger partial charge in [0.1, 0.15) is 0 Å². The van der Waals surface area contributed by atoms with Crippen LogP contribution in [0.2, 0.25) is 0 Å². The van der Waals surface area contributed by atoms with E-state index in [2.05, 4.69) is 5.32 Å². The van der Waals surface area contributed by atoms with Crippen molar-refractivity contribution < 1.29 is 13.2 Å². The number of benzene rings is 1. The van der Waals surface area contributed by atoms with Crippen LogP contribution in [0.25, 0.3) is 0 Å². The first kappa shape index (κ1) is 20.5. The molecule has 1 N–H and O–H groups in total. The highest BCUT2D eigenvalue weighted by atomic mass is 32.2. The average molecular weight is 431 g/mol. The highest BCUT2D eigenvalue weighted by Gasteiger charge is 2.54. The van der Waals surface area contributed by atoms with Crippen LogP contribution in [0.4, 0.5) is 0 Å². The van der Waals surface area contributed by atoms with Gasteiger partial charge in [0.2, 0.25) is 15.9 Å². The van der Waals surface area contributed by atoms with Crippen molar-refractivity contribution in [2.75, 3.05) is 19.6 Å². The summed E-state index contributed by atoms with van der Waals surface area (Å²) in [7, 11) is -3.42. The van der Waals surface area contributed by atoms with E-state index < -0.39 is 10.0 Å². The Bertz CT molecular complexity index is 883. The van der Waals surface area contributed by atoms with Crippen molar-refractivity contribution in [3.05, 3.63) is 29.8 Å². The molecule has 0 spiro atoms. The number of nitrogens with one attached hydrogen (secondary N) is 1. The van der Waals surface area contributed by atoms with Gasteiger partial charge < -0.3 is 5.32 Å². The number of amides is 1. The fraction of sp³-hybridized carbons (Fsp3) is 0.708. The van der Waals surface area contributed by atoms with Crippen molar-refractivity contribution in [3.63, 3.8) is 0 Å². The predicted octanol–water partition coefficient (Wildman–Crippen LogP) is 3.73. The summed E-state index contributed by atoms with van der Waals surface area (Å²) in [5.74, 6) is 2.98. The Morgan fingerprint density at radius 3 is 2.23 bits per heavy atom. The zero-order valence-electron chi connectivity index (χ0n) is 18.0. The lowest BCUT2D eigenvalue weighted by Crippen LogP contribution is -2.54. The van der Waals surface area contributed by atoms with Gasteiger partial charge in [-0.2, -0.15) is 4.31 Å². The first-order chi connectivity index (χ1) is 14.3. The number of hydrogen-bond acceptors (Lipinski definition) is 3. The monoisotopic (exact) mass is 430 g/mol. The molecule has 0 atom stereocenters. The maximum atomic E-state index is 13.2. The molecule has 1 aromatic carbocycles. The van der Waals surface area contributed by atoms with E-state index >= 15 is 0 Å². The lowest BCUT2D eigenvalue weighted by molar-refractivity contribution is -0.146. The minimum absolute atomic E-state index is 0.0933. The maximum absolute atomic E-state index is 13.2. The molecule has 0 aromatic heterocycles. The SMILES string of the molecule is Cc1cccc(S(=O)(=O)N2CCC(CNC(=O)C34CC5CC(CC(C5)C3)C4)CC2)c1. The maximum Gasteiger partial charge on any atom is 0.243 e. The van der Waals surface area contributed by atoms with Crippen molar-refractivity contribution in [2.24, 2.45) is 29.1 Å². The summed E-state index contributed by atoms with van der Waals surface area (Å²) in [4.78, 5) is 13.5. The normalized spacial score (nSPS) is 34.2. The van der Waals surface area contributed by atoms with Crippen LogP contribution < -0.4 is 5.32 Å². The molecule has 4 saturated carbocycles. The summed E-state index contributed by atoms with van der Waals surface area (Å²) < 4.78 is 27.5. The van der Waals surface area contributed by atoms with Crippen molar-refractivity contribution in [1.29, 1.82) is 0 Å². The molecule has 1 aliphatic heterocycles. The van der Waals surface area contributed by atoms with Gasteiger partial charge in [0.25, 0.3) is 0 Å². The molecule has 30 heavy (non-hydrogen) atoms. The van der Waals surface area contributed by atoms with Gasteiger partial charge in [0.05, 0.1) is 4.90 Å². The van der Waals surface area contributed by atoms with E-state index in [1.54, 1.807) is 22.5 Å². The van der Waals surface area contributed by atoms with Crippen LogP contribution in [0.3, 0.4) is 0 Å². The Hall–Kier alpha value is -1.40. The van der Waals surface area contributed by atoms with E-state index in [9.17, 15) is 13.2 Å². The second kappa shape index (κ2) is 7.63. The molecular weight excluding hydrogens is 396 g/mol.